The predicted octanol–water partition coefficient (Wildman–Crippen LogP) is 2.83. The number of nitrogens with one attached hydrogen (secondary N) is 1. The van der Waals surface area contributed by atoms with Gasteiger partial charge in [0.2, 0.25) is 11.8 Å². The summed E-state index contributed by atoms with van der Waals surface area (Å²) >= 11 is 0. The number of methoxy groups -OCH3 is 1. The maximum absolute atomic E-state index is 14.2. The number of benzene rings is 2. The van der Waals surface area contributed by atoms with Gasteiger partial charge in [-0.15, -0.1) is 0 Å². The molecular weight excluding hydrogens is 399 g/mol. The lowest BCUT2D eigenvalue weighted by molar-refractivity contribution is -0.126. The summed E-state index contributed by atoms with van der Waals surface area (Å²) in [5.74, 6) is -0.340. The fourth-order valence-corrected chi connectivity index (χ4v) is 3.82. The fraction of sp³-hybridized carbons (Fsp3) is 0.261. The molecule has 0 aliphatic carbocycles. The highest BCUT2D eigenvalue weighted by Crippen LogP contribution is 2.29. The first-order chi connectivity index (χ1) is 15.0. The summed E-state index contributed by atoms with van der Waals surface area (Å²) in [6.45, 7) is 0.122. The van der Waals surface area contributed by atoms with Crippen LogP contribution in [0.5, 0.6) is 5.75 Å². The van der Waals surface area contributed by atoms with Gasteiger partial charge in [-0.2, -0.15) is 0 Å². The van der Waals surface area contributed by atoms with Crippen LogP contribution in [-0.2, 0) is 16.6 Å². The SMILES string of the molecule is COc1cccc(C(NC(=O)C2CC(=O)N(c3ccccc3F)C2)c2nccn2C)c1. The zero-order chi connectivity index (χ0) is 22.0. The van der Waals surface area contributed by atoms with Gasteiger partial charge in [-0.25, -0.2) is 9.37 Å². The van der Waals surface area contributed by atoms with Crippen LogP contribution in [0.15, 0.2) is 60.9 Å². The Labute approximate surface area is 179 Å². The smallest absolute Gasteiger partial charge is 0.227 e. The van der Waals surface area contributed by atoms with Crippen LogP contribution >= 0.6 is 0 Å². The Hall–Kier alpha value is -3.68. The molecule has 2 heterocycles. The van der Waals surface area contributed by atoms with E-state index in [1.807, 2.05) is 35.9 Å². The van der Waals surface area contributed by atoms with E-state index in [0.717, 1.165) is 5.56 Å². The van der Waals surface area contributed by atoms with Crippen LogP contribution < -0.4 is 15.0 Å². The van der Waals surface area contributed by atoms with Gasteiger partial charge in [-0.3, -0.25) is 9.59 Å². The zero-order valence-corrected chi connectivity index (χ0v) is 17.3. The van der Waals surface area contributed by atoms with Crippen LogP contribution in [0.25, 0.3) is 0 Å². The molecule has 2 unspecified atom stereocenters. The molecule has 4 rings (SSSR count). The molecule has 1 aromatic heterocycles. The monoisotopic (exact) mass is 422 g/mol. The van der Waals surface area contributed by atoms with Crippen molar-refractivity contribution in [3.05, 3.63) is 78.1 Å². The van der Waals surface area contributed by atoms with Gasteiger partial charge >= 0.3 is 0 Å². The van der Waals surface area contributed by atoms with Crippen LogP contribution in [0.3, 0.4) is 0 Å². The molecule has 1 N–H and O–H groups in total. The molecule has 8 heteroatoms. The van der Waals surface area contributed by atoms with Gasteiger partial charge in [0.25, 0.3) is 0 Å². The van der Waals surface area contributed by atoms with Gasteiger partial charge in [0.1, 0.15) is 23.4 Å². The van der Waals surface area contributed by atoms with E-state index < -0.39 is 17.8 Å². The number of carbonyl (C=O) groups excluding carboxylic acids is 2. The van der Waals surface area contributed by atoms with Gasteiger partial charge < -0.3 is 19.5 Å². The number of hydrogen-bond donors (Lipinski definition) is 1. The highest BCUT2D eigenvalue weighted by atomic mass is 19.1. The second-order valence-corrected chi connectivity index (χ2v) is 7.47. The Morgan fingerprint density at radius 1 is 1.26 bits per heavy atom. The molecule has 1 fully saturated rings. The molecule has 0 bridgehead atoms. The number of amides is 2. The Kier molecular flexibility index (Phi) is 5.70. The number of anilines is 1. The van der Waals surface area contributed by atoms with E-state index in [-0.39, 0.29) is 30.5 Å². The maximum atomic E-state index is 14.2. The van der Waals surface area contributed by atoms with E-state index in [2.05, 4.69) is 10.3 Å². The Balaban J connectivity index is 1.58. The number of para-hydroxylation sites is 1. The van der Waals surface area contributed by atoms with Crippen molar-refractivity contribution in [2.24, 2.45) is 13.0 Å². The van der Waals surface area contributed by atoms with Crippen LogP contribution in [0.4, 0.5) is 10.1 Å². The van der Waals surface area contributed by atoms with Crippen molar-refractivity contribution in [2.75, 3.05) is 18.6 Å². The summed E-state index contributed by atoms with van der Waals surface area (Å²) in [7, 11) is 3.43. The summed E-state index contributed by atoms with van der Waals surface area (Å²) in [6, 6.07) is 12.9. The van der Waals surface area contributed by atoms with Crippen LogP contribution in [0, 0.1) is 11.7 Å². The highest BCUT2D eigenvalue weighted by Gasteiger charge is 2.37. The third kappa shape index (κ3) is 4.14. The first-order valence-corrected chi connectivity index (χ1v) is 9.94. The van der Waals surface area contributed by atoms with E-state index in [0.29, 0.717) is 11.6 Å². The Bertz CT molecular complexity index is 1110. The van der Waals surface area contributed by atoms with Crippen molar-refractivity contribution >= 4 is 17.5 Å². The number of imidazole rings is 1. The lowest BCUT2D eigenvalue weighted by Crippen LogP contribution is -2.37. The minimum atomic E-state index is -0.597. The molecule has 31 heavy (non-hydrogen) atoms. The normalized spacial score (nSPS) is 16.9. The molecule has 1 aliphatic heterocycles. The standard InChI is InChI=1S/C23H23FN4O3/c1-27-11-10-25-22(27)21(15-6-5-7-17(12-15)31-2)26-23(30)16-13-20(29)28(14-16)19-9-4-3-8-18(19)24/h3-12,16,21H,13-14H2,1-2H3,(H,26,30). The van der Waals surface area contributed by atoms with Crippen molar-refractivity contribution in [1.82, 2.24) is 14.9 Å². The van der Waals surface area contributed by atoms with Crippen molar-refractivity contribution < 1.29 is 18.7 Å². The summed E-state index contributed by atoms with van der Waals surface area (Å²) in [4.78, 5) is 31.4. The van der Waals surface area contributed by atoms with Crippen molar-refractivity contribution in [1.29, 1.82) is 0 Å². The summed E-state index contributed by atoms with van der Waals surface area (Å²) in [5.41, 5.74) is 0.994. The lowest BCUT2D eigenvalue weighted by Gasteiger charge is -2.22. The van der Waals surface area contributed by atoms with Crippen LogP contribution in [0.1, 0.15) is 23.9 Å². The third-order valence-corrected chi connectivity index (χ3v) is 5.47. The van der Waals surface area contributed by atoms with E-state index in [1.165, 1.54) is 11.0 Å². The van der Waals surface area contributed by atoms with E-state index in [1.54, 1.807) is 37.7 Å². The van der Waals surface area contributed by atoms with E-state index in [9.17, 15) is 14.0 Å². The van der Waals surface area contributed by atoms with Gasteiger partial charge in [-0.05, 0) is 29.8 Å². The summed E-state index contributed by atoms with van der Waals surface area (Å²) in [6.07, 6.45) is 3.48. The molecule has 2 aromatic carbocycles. The van der Waals surface area contributed by atoms with Crippen molar-refractivity contribution in [3.63, 3.8) is 0 Å². The van der Waals surface area contributed by atoms with Gasteiger partial charge in [-0.1, -0.05) is 24.3 Å². The number of halogens is 1. The molecule has 0 spiro atoms. The molecule has 0 radical (unpaired) electrons. The highest BCUT2D eigenvalue weighted by molar-refractivity contribution is 6.00. The number of aromatic nitrogens is 2. The van der Waals surface area contributed by atoms with E-state index >= 15 is 0 Å². The minimum Gasteiger partial charge on any atom is -0.497 e. The first-order valence-electron chi connectivity index (χ1n) is 9.94. The number of carbonyl (C=O) groups is 2. The van der Waals surface area contributed by atoms with Crippen molar-refractivity contribution in [3.8, 4) is 5.75 Å². The second-order valence-electron chi connectivity index (χ2n) is 7.47. The number of ether oxygens (including phenoxy) is 1. The van der Waals surface area contributed by atoms with Gasteiger partial charge in [0.15, 0.2) is 0 Å². The molecule has 0 saturated carbocycles. The Morgan fingerprint density at radius 3 is 2.77 bits per heavy atom. The average Bonchev–Trinajstić information content (AvgIpc) is 3.38. The summed E-state index contributed by atoms with van der Waals surface area (Å²) in [5, 5.41) is 3.03. The largest absolute Gasteiger partial charge is 0.497 e. The van der Waals surface area contributed by atoms with Gasteiger partial charge in [0.05, 0.1) is 18.7 Å². The van der Waals surface area contributed by atoms with E-state index in [4.69, 9.17) is 4.74 Å². The molecular formula is C23H23FN4O3. The first kappa shape index (κ1) is 20.6. The maximum Gasteiger partial charge on any atom is 0.227 e. The predicted molar refractivity (Wildman–Crippen MR) is 113 cm³/mol. The Morgan fingerprint density at radius 2 is 2.06 bits per heavy atom. The second kappa shape index (κ2) is 8.59. The van der Waals surface area contributed by atoms with Crippen LogP contribution in [0.2, 0.25) is 0 Å². The quantitative estimate of drug-likeness (QED) is 0.663. The number of hydrogen-bond acceptors (Lipinski definition) is 4. The molecule has 7 nitrogen and oxygen atoms in total. The number of nitrogens with zero attached hydrogens (tertiary/aromatic N) is 3. The molecule has 1 saturated heterocycles. The van der Waals surface area contributed by atoms with Crippen molar-refractivity contribution in [2.45, 2.75) is 12.5 Å². The minimum absolute atomic E-state index is 0.0194. The molecule has 1 aliphatic rings. The molecule has 2 amide bonds. The average molecular weight is 422 g/mol. The lowest BCUT2D eigenvalue weighted by atomic mass is 10.0. The summed E-state index contributed by atoms with van der Waals surface area (Å²) < 4.78 is 21.3. The van der Waals surface area contributed by atoms with Gasteiger partial charge in [0, 0.05) is 32.4 Å². The fourth-order valence-electron chi connectivity index (χ4n) is 3.82. The zero-order valence-electron chi connectivity index (χ0n) is 17.3. The van der Waals surface area contributed by atoms with Crippen LogP contribution in [-0.4, -0.2) is 35.0 Å². The topological polar surface area (TPSA) is 76.5 Å². The molecule has 3 aromatic rings. The number of aryl methyl sites for hydroxylation is 1. The molecule has 160 valence electrons. The third-order valence-electron chi connectivity index (χ3n) is 5.47. The number of rotatable bonds is 6. The molecule has 2 atom stereocenters.